The summed E-state index contributed by atoms with van der Waals surface area (Å²) in [6.07, 6.45) is -5.30. The fraction of sp³-hybridized carbons (Fsp3) is 0.289. The molecule has 2 aliphatic heterocycles. The van der Waals surface area contributed by atoms with Crippen molar-refractivity contribution < 1.29 is 46.1 Å². The van der Waals surface area contributed by atoms with Gasteiger partial charge in [-0.15, -0.1) is 0 Å². The van der Waals surface area contributed by atoms with Crippen molar-refractivity contribution in [1.29, 1.82) is 0 Å². The van der Waals surface area contributed by atoms with Crippen LogP contribution in [0.15, 0.2) is 77.6 Å². The maximum atomic E-state index is 15.5. The highest BCUT2D eigenvalue weighted by Crippen LogP contribution is 2.42. The third-order valence-electron chi connectivity index (χ3n) is 9.70. The molecule has 0 saturated carbocycles. The van der Waals surface area contributed by atoms with Crippen LogP contribution in [-0.2, 0) is 33.9 Å². The number of pyridine rings is 1. The Hall–Kier alpha value is -5.34. The number of carbonyl (C=O) groups is 2. The summed E-state index contributed by atoms with van der Waals surface area (Å²) in [6, 6.07) is 14.9. The average Bonchev–Trinajstić information content (AvgIpc) is 3.05. The number of fused-ring (bicyclic) bond motifs is 2. The molecule has 0 bridgehead atoms. The predicted molar refractivity (Wildman–Crippen MR) is 182 cm³/mol. The normalized spacial score (nSPS) is 15.7. The summed E-state index contributed by atoms with van der Waals surface area (Å²) in [7, 11) is 1.38. The highest BCUT2D eigenvalue weighted by atomic mass is 19.4. The number of ether oxygens (including phenoxy) is 2. The molecule has 7 rings (SSSR count). The molecule has 0 spiro atoms. The van der Waals surface area contributed by atoms with Crippen molar-refractivity contribution >= 4 is 39.2 Å². The van der Waals surface area contributed by atoms with Crippen LogP contribution in [0.3, 0.4) is 0 Å². The third kappa shape index (κ3) is 6.36. The molecule has 2 saturated heterocycles. The molecule has 3 heterocycles. The van der Waals surface area contributed by atoms with Crippen molar-refractivity contribution in [2.45, 2.75) is 24.7 Å². The topological polar surface area (TPSA) is 110 Å². The highest BCUT2D eigenvalue weighted by Gasteiger charge is 2.39. The molecule has 4 aromatic carbocycles. The van der Waals surface area contributed by atoms with E-state index in [4.69, 9.17) is 9.47 Å². The largest absolute Gasteiger partial charge is 0.480 e. The number of carboxylic acids is 1. The monoisotopic (exact) mass is 721 g/mol. The molecule has 9 nitrogen and oxygen atoms in total. The number of carbonyl (C=O) groups excluding carboxylic acids is 1. The van der Waals surface area contributed by atoms with Gasteiger partial charge in [0.05, 0.1) is 49.1 Å². The van der Waals surface area contributed by atoms with Crippen LogP contribution in [0.2, 0.25) is 0 Å². The SMILES string of the molecule is Cn1c(=O)c(-c2cccc3c(C[C@H](NC(=O)c4c(F)cc(N(CC5COC5)C5COC5)cc4F)C(=O)O)cccc23)c(C(F)(F)F)c2ccccc21. The number of halogens is 5. The van der Waals surface area contributed by atoms with E-state index in [1.807, 2.05) is 4.90 Å². The second kappa shape index (κ2) is 13.7. The molecule has 0 radical (unpaired) electrons. The zero-order valence-corrected chi connectivity index (χ0v) is 27.7. The number of hydrogen-bond acceptors (Lipinski definition) is 6. The Morgan fingerprint density at radius 1 is 0.923 bits per heavy atom. The summed E-state index contributed by atoms with van der Waals surface area (Å²) >= 11 is 0. The van der Waals surface area contributed by atoms with Gasteiger partial charge >= 0.3 is 12.1 Å². The van der Waals surface area contributed by atoms with Crippen LogP contribution in [0.4, 0.5) is 27.6 Å². The Balaban J connectivity index is 1.22. The number of nitrogens with one attached hydrogen (secondary N) is 1. The maximum absolute atomic E-state index is 15.5. The lowest BCUT2D eigenvalue weighted by Crippen LogP contribution is -2.53. The number of para-hydroxylation sites is 1. The van der Waals surface area contributed by atoms with Gasteiger partial charge in [0.15, 0.2) is 0 Å². The molecule has 1 amide bonds. The van der Waals surface area contributed by atoms with Gasteiger partial charge in [0, 0.05) is 37.0 Å². The van der Waals surface area contributed by atoms with E-state index >= 15 is 8.78 Å². The van der Waals surface area contributed by atoms with E-state index in [-0.39, 0.29) is 39.5 Å². The molecule has 5 aromatic rings. The van der Waals surface area contributed by atoms with Crippen LogP contribution in [0.1, 0.15) is 21.5 Å². The van der Waals surface area contributed by atoms with Crippen LogP contribution in [-0.4, -0.2) is 66.6 Å². The number of rotatable bonds is 10. The Kier molecular flexibility index (Phi) is 9.21. The van der Waals surface area contributed by atoms with Crippen molar-refractivity contribution in [1.82, 2.24) is 9.88 Å². The van der Waals surface area contributed by atoms with Crippen molar-refractivity contribution in [2.75, 3.05) is 37.9 Å². The predicted octanol–water partition coefficient (Wildman–Crippen LogP) is 5.93. The first-order valence-corrected chi connectivity index (χ1v) is 16.5. The standard InChI is InChI=1S/C38H32F5N3O6/c1-45-31-11-3-2-7-27(31)34(38(41,42)43)32(36(45)48)26-10-5-8-24-21(6-4-9-25(24)26)12-30(37(49)50)44-35(47)33-28(39)13-22(14-29(33)40)46(23-18-52-19-23)15-20-16-51-17-20/h2-11,13-14,20,23,30H,12,15-19H2,1H3,(H,44,47)(H,49,50)/t30-/m0/s1. The van der Waals surface area contributed by atoms with E-state index in [0.717, 1.165) is 16.7 Å². The number of aryl methyl sites for hydroxylation is 1. The maximum Gasteiger partial charge on any atom is 0.417 e. The molecule has 2 aliphatic rings. The summed E-state index contributed by atoms with van der Waals surface area (Å²) < 4.78 is 86.7. The van der Waals surface area contributed by atoms with E-state index in [1.165, 1.54) is 61.6 Å². The smallest absolute Gasteiger partial charge is 0.417 e. The van der Waals surface area contributed by atoms with Gasteiger partial charge in [0.1, 0.15) is 23.2 Å². The molecule has 0 aliphatic carbocycles. The number of nitrogens with zero attached hydrogens (tertiary/aromatic N) is 2. The summed E-state index contributed by atoms with van der Waals surface area (Å²) in [4.78, 5) is 41.1. The highest BCUT2D eigenvalue weighted by molar-refractivity contribution is 6.02. The van der Waals surface area contributed by atoms with E-state index in [0.29, 0.717) is 43.9 Å². The first-order chi connectivity index (χ1) is 24.8. The van der Waals surface area contributed by atoms with Gasteiger partial charge in [0.2, 0.25) is 0 Å². The fourth-order valence-electron chi connectivity index (χ4n) is 6.94. The van der Waals surface area contributed by atoms with Crippen molar-refractivity contribution in [3.63, 3.8) is 0 Å². The molecular formula is C38H32F5N3O6. The van der Waals surface area contributed by atoms with Crippen LogP contribution in [0, 0.1) is 17.6 Å². The van der Waals surface area contributed by atoms with Gasteiger partial charge in [-0.05, 0) is 40.1 Å². The van der Waals surface area contributed by atoms with Crippen LogP contribution in [0.5, 0.6) is 0 Å². The molecule has 2 N–H and O–H groups in total. The lowest BCUT2D eigenvalue weighted by atomic mass is 9.90. The summed E-state index contributed by atoms with van der Waals surface area (Å²) in [6.45, 7) is 2.25. The van der Waals surface area contributed by atoms with E-state index < -0.39 is 64.4 Å². The number of aliphatic carboxylic acids is 1. The Morgan fingerprint density at radius 2 is 1.56 bits per heavy atom. The lowest BCUT2D eigenvalue weighted by Gasteiger charge is -2.42. The van der Waals surface area contributed by atoms with Crippen LogP contribution >= 0.6 is 0 Å². The molecule has 1 atom stereocenters. The first kappa shape index (κ1) is 35.1. The number of anilines is 1. The molecule has 0 unspecified atom stereocenters. The summed E-state index contributed by atoms with van der Waals surface area (Å²) in [5.41, 5.74) is -2.92. The van der Waals surface area contributed by atoms with Crippen molar-refractivity contribution in [3.8, 4) is 11.1 Å². The molecular weight excluding hydrogens is 689 g/mol. The zero-order valence-electron chi connectivity index (χ0n) is 27.7. The minimum absolute atomic E-state index is 0.0227. The number of benzene rings is 4. The van der Waals surface area contributed by atoms with Crippen molar-refractivity contribution in [2.24, 2.45) is 13.0 Å². The average molecular weight is 722 g/mol. The summed E-state index contributed by atoms with van der Waals surface area (Å²) in [5.74, 6) is -5.00. The number of amides is 1. The van der Waals surface area contributed by atoms with Gasteiger partial charge in [0.25, 0.3) is 11.5 Å². The number of aromatic nitrogens is 1. The number of carboxylic acid groups (broad SMARTS) is 1. The first-order valence-electron chi connectivity index (χ1n) is 16.5. The van der Waals surface area contributed by atoms with Gasteiger partial charge in [-0.25, -0.2) is 13.6 Å². The zero-order chi connectivity index (χ0) is 36.9. The Morgan fingerprint density at radius 3 is 2.17 bits per heavy atom. The third-order valence-corrected chi connectivity index (χ3v) is 9.70. The second-order valence-corrected chi connectivity index (χ2v) is 13.0. The summed E-state index contributed by atoms with van der Waals surface area (Å²) in [5, 5.41) is 12.7. The van der Waals surface area contributed by atoms with Gasteiger partial charge in [-0.2, -0.15) is 13.2 Å². The molecule has 14 heteroatoms. The molecule has 1 aromatic heterocycles. The minimum Gasteiger partial charge on any atom is -0.480 e. The minimum atomic E-state index is -4.90. The van der Waals surface area contributed by atoms with Gasteiger partial charge in [-0.3, -0.25) is 9.59 Å². The van der Waals surface area contributed by atoms with E-state index in [2.05, 4.69) is 5.32 Å². The van der Waals surface area contributed by atoms with Crippen molar-refractivity contribution in [3.05, 3.63) is 111 Å². The Labute approximate surface area is 293 Å². The van der Waals surface area contributed by atoms with Crippen LogP contribution < -0.4 is 15.8 Å². The number of alkyl halides is 3. The molecule has 2 fully saturated rings. The molecule has 52 heavy (non-hydrogen) atoms. The molecule has 270 valence electrons. The lowest BCUT2D eigenvalue weighted by molar-refractivity contribution is -0.139. The Bertz CT molecular complexity index is 2260. The quantitative estimate of drug-likeness (QED) is 0.172. The fourth-order valence-corrected chi connectivity index (χ4v) is 6.94. The van der Waals surface area contributed by atoms with E-state index in [1.54, 1.807) is 6.07 Å². The van der Waals surface area contributed by atoms with Crippen LogP contribution in [0.25, 0.3) is 32.8 Å². The number of hydrogen-bond donors (Lipinski definition) is 2. The van der Waals surface area contributed by atoms with E-state index in [9.17, 15) is 32.7 Å². The van der Waals surface area contributed by atoms with Gasteiger partial charge < -0.3 is 29.4 Å². The second-order valence-electron chi connectivity index (χ2n) is 13.0. The van der Waals surface area contributed by atoms with Gasteiger partial charge in [-0.1, -0.05) is 54.6 Å².